The van der Waals surface area contributed by atoms with Gasteiger partial charge in [0.2, 0.25) is 22.8 Å². The van der Waals surface area contributed by atoms with Crippen LogP contribution in [0.4, 0.5) is 0 Å². The van der Waals surface area contributed by atoms with Crippen LogP contribution in [0.25, 0.3) is 89.5 Å². The van der Waals surface area contributed by atoms with E-state index in [0.717, 1.165) is 41.5 Å². The molecule has 0 spiro atoms. The zero-order valence-electron chi connectivity index (χ0n) is 90.7. The summed E-state index contributed by atoms with van der Waals surface area (Å²) in [5, 5.41) is 0. The van der Waals surface area contributed by atoms with Crippen molar-refractivity contribution in [3.8, 4) is 89.5 Å². The van der Waals surface area contributed by atoms with Gasteiger partial charge < -0.3 is 0 Å². The Hall–Kier alpha value is -9.64. The maximum absolute atomic E-state index is 9.14. The molecule has 0 fully saturated rings. The molecule has 0 atom stereocenters. The molecule has 608 valence electrons. The first-order valence-corrected chi connectivity index (χ1v) is 41.3. The van der Waals surface area contributed by atoms with Crippen molar-refractivity contribution in [1.82, 2.24) is 0 Å². The Balaban J connectivity index is 0.000000198. The minimum absolute atomic E-state index is 0.0382. The maximum atomic E-state index is 9.14. The molecule has 0 aliphatic heterocycles. The number of hydrogen-bond acceptors (Lipinski definition) is 0. The first-order valence-electron chi connectivity index (χ1n) is 48.8. The molecular formula is C112H144N4+4. The third-order valence-corrected chi connectivity index (χ3v) is 20.6. The molecule has 0 N–H and O–H groups in total. The van der Waals surface area contributed by atoms with Crippen molar-refractivity contribution in [2.45, 2.75) is 232 Å². The van der Waals surface area contributed by atoms with E-state index in [1.165, 1.54) is 95.5 Å². The molecule has 4 nitrogen and oxygen atoms in total. The summed E-state index contributed by atoms with van der Waals surface area (Å²) < 4.78 is 135. The summed E-state index contributed by atoms with van der Waals surface area (Å²) in [4.78, 5) is 0. The minimum Gasteiger partial charge on any atom is -0.201 e. The van der Waals surface area contributed by atoms with Crippen LogP contribution in [0.2, 0.25) is 0 Å². The number of nitrogens with zero attached hydrogens (tertiary/aromatic N) is 4. The maximum Gasteiger partial charge on any atom is 0.212 e. The number of pyridine rings is 4. The smallest absolute Gasteiger partial charge is 0.201 e. The van der Waals surface area contributed by atoms with Crippen LogP contribution in [0.5, 0.6) is 0 Å². The molecule has 0 aliphatic carbocycles. The van der Waals surface area contributed by atoms with Gasteiger partial charge in [0.05, 0.1) is 0 Å². The third kappa shape index (κ3) is 24.7. The normalized spacial score (nSPS) is 14.6. The van der Waals surface area contributed by atoms with Crippen molar-refractivity contribution in [3.63, 3.8) is 0 Å². The van der Waals surface area contributed by atoms with E-state index >= 15 is 0 Å². The largest absolute Gasteiger partial charge is 0.212 e. The predicted molar refractivity (Wildman–Crippen MR) is 500 cm³/mol. The molecule has 4 heterocycles. The summed E-state index contributed by atoms with van der Waals surface area (Å²) in [6.45, 7) is 44.7. The van der Waals surface area contributed by atoms with Crippen LogP contribution < -0.4 is 18.3 Å². The molecule has 0 amide bonds. The Morgan fingerprint density at radius 1 is 0.224 bits per heavy atom. The molecule has 4 heteroatoms. The minimum atomic E-state index is -2.50. The van der Waals surface area contributed by atoms with E-state index in [1.807, 2.05) is 140 Å². The summed E-state index contributed by atoms with van der Waals surface area (Å²) in [5.41, 5.74) is 28.0. The highest BCUT2D eigenvalue weighted by Crippen LogP contribution is 2.40. The SMILES string of the molecule is Cc1c[n+](C)c(-c2cc(-c3ccccc3)c(C)cc2C)cc1CC(C)(C)C.Cc1cc(C)c(-c2cc(CC(C)(C)C)c(CC(C)(C)C)c[n+]2C)cc1-c1ccccc1.[2H]C([2H])([2H])c1cc(C)c(-c2cc(C([2H])([2H])C(C)(C)C)c(C([2H])([2H])C(C)(C)C)c[n+]2C)cc1-c1ccccc1.[2H]C([2H])([2H])c1cc(C)c(-c2cc(C([2H])([2H])C(C)(C)C)c(C([2H])([2H])[2H])c[n+]2C)cc1-c1ccccc1. The first kappa shape index (κ1) is 70.6. The molecule has 0 bridgehead atoms. The average Bonchev–Trinajstić information content (AvgIpc) is 0.725. The highest BCUT2D eigenvalue weighted by Gasteiger charge is 2.29. The molecule has 12 aromatic rings. The second-order valence-corrected chi connectivity index (χ2v) is 39.2. The van der Waals surface area contributed by atoms with Gasteiger partial charge in [-0.25, -0.2) is 18.3 Å². The molecule has 116 heavy (non-hydrogen) atoms. The van der Waals surface area contributed by atoms with Gasteiger partial charge in [-0.3, -0.25) is 0 Å². The Morgan fingerprint density at radius 3 is 0.793 bits per heavy atom. The number of aromatic nitrogens is 4. The van der Waals surface area contributed by atoms with Gasteiger partial charge in [-0.1, -0.05) is 270 Å². The summed E-state index contributed by atoms with van der Waals surface area (Å²) in [6, 6.07) is 64.8. The number of aryl methyl sites for hydroxylation is 14. The van der Waals surface area contributed by atoms with Crippen LogP contribution in [0, 0.1) is 102 Å². The molecule has 0 unspecified atom stereocenters. The zero-order valence-corrected chi connectivity index (χ0v) is 75.7. The van der Waals surface area contributed by atoms with Crippen LogP contribution in [0.3, 0.4) is 0 Å². The van der Waals surface area contributed by atoms with Crippen molar-refractivity contribution in [3.05, 3.63) is 308 Å². The van der Waals surface area contributed by atoms with Gasteiger partial charge in [-0.15, -0.1) is 0 Å². The van der Waals surface area contributed by atoms with Gasteiger partial charge >= 0.3 is 0 Å². The lowest BCUT2D eigenvalue weighted by Crippen LogP contribution is -2.33. The fraction of sp³-hybridized carbons (Fsp3) is 0.393. The molecule has 0 saturated carbocycles. The van der Waals surface area contributed by atoms with Gasteiger partial charge in [0.15, 0.2) is 24.8 Å². The molecule has 8 aromatic carbocycles. The van der Waals surface area contributed by atoms with Crippen molar-refractivity contribution in [2.75, 3.05) is 0 Å². The average molecular weight is 1560 g/mol. The van der Waals surface area contributed by atoms with Gasteiger partial charge in [0.25, 0.3) is 0 Å². The standard InChI is InChI=1S/2C30H40N.2C26H32N/c2*1-21-15-22(2)27(17-26(21)23-13-11-10-12-14-23)28-16-24(18-29(3,4)5)25(20-31(28)9)19-30(6,7)8;2*1-18-13-19(2)24(15-23(18)21-11-9-8-10-12-21)25-14-22(16-26(4,5)6)20(3)17-27(25)7/h2*10-17,20H,18-19H2,1-9H3;2*8-15,17H,16H2,1-7H3/q4*+1/i1D3,18D2,19D2;;1D3,3D3,16D2;. The van der Waals surface area contributed by atoms with Crippen molar-refractivity contribution < 1.29 is 38.8 Å². The Morgan fingerprint density at radius 2 is 0.466 bits per heavy atom. The molecule has 12 rings (SSSR count). The Labute approximate surface area is 725 Å². The van der Waals surface area contributed by atoms with E-state index in [0.29, 0.717) is 44.8 Å². The number of rotatable bonds is 14. The molecule has 0 aliphatic rings. The first-order chi connectivity index (χ1) is 59.9. The van der Waals surface area contributed by atoms with Crippen molar-refractivity contribution in [2.24, 2.45) is 60.7 Å². The van der Waals surface area contributed by atoms with Crippen LogP contribution in [-0.2, 0) is 66.6 Å². The van der Waals surface area contributed by atoms with Crippen molar-refractivity contribution >= 4 is 0 Å². The Bertz CT molecular complexity index is 6080. The van der Waals surface area contributed by atoms with Gasteiger partial charge in [-0.05, 0) is 275 Å². The summed E-state index contributed by atoms with van der Waals surface area (Å²) in [5.74, 6) is 0. The van der Waals surface area contributed by atoms with E-state index in [1.54, 1.807) is 62.8 Å². The molecular weight excluding hydrogens is 1400 g/mol. The van der Waals surface area contributed by atoms with E-state index in [4.69, 9.17) is 20.6 Å². The van der Waals surface area contributed by atoms with E-state index in [-0.39, 0.29) is 38.5 Å². The predicted octanol–water partition coefficient (Wildman–Crippen LogP) is 28.0. The van der Waals surface area contributed by atoms with Crippen molar-refractivity contribution in [1.29, 1.82) is 0 Å². The van der Waals surface area contributed by atoms with Crippen LogP contribution in [0.15, 0.2) is 219 Å². The highest BCUT2D eigenvalue weighted by atomic mass is 14.9. The lowest BCUT2D eigenvalue weighted by molar-refractivity contribution is -0.661. The second-order valence-electron chi connectivity index (χ2n) is 39.2. The second kappa shape index (κ2) is 36.9. The van der Waals surface area contributed by atoms with E-state index < -0.39 is 55.9 Å². The molecule has 4 aromatic heterocycles. The van der Waals surface area contributed by atoms with E-state index in [2.05, 4.69) is 230 Å². The summed E-state index contributed by atoms with van der Waals surface area (Å²) >= 11 is 0. The number of benzene rings is 8. The van der Waals surface area contributed by atoms with E-state index in [9.17, 15) is 0 Å². The zero-order chi connectivity index (χ0) is 98.4. The highest BCUT2D eigenvalue weighted by molar-refractivity contribution is 5.80. The van der Waals surface area contributed by atoms with Crippen LogP contribution in [-0.4, -0.2) is 0 Å². The van der Waals surface area contributed by atoms with Gasteiger partial charge in [0.1, 0.15) is 28.2 Å². The fourth-order valence-corrected chi connectivity index (χ4v) is 15.5. The fourth-order valence-electron chi connectivity index (χ4n) is 15.5. The topological polar surface area (TPSA) is 15.5 Å². The Kier molecular flexibility index (Phi) is 22.4. The lowest BCUT2D eigenvalue weighted by atomic mass is 9.81. The quantitative estimate of drug-likeness (QED) is 0.0965. The van der Waals surface area contributed by atoms with Gasteiger partial charge in [-0.2, -0.15) is 0 Å². The summed E-state index contributed by atoms with van der Waals surface area (Å²) in [7, 11) is 7.90. The third-order valence-electron chi connectivity index (χ3n) is 20.6. The monoisotopic (exact) mass is 1560 g/mol. The van der Waals surface area contributed by atoms with Crippen LogP contribution in [0.1, 0.15) is 234 Å². The molecule has 0 saturated heterocycles. The number of hydrogen-bond donors (Lipinski definition) is 0. The lowest BCUT2D eigenvalue weighted by Gasteiger charge is -2.24. The van der Waals surface area contributed by atoms with Gasteiger partial charge in [0, 0.05) is 89.3 Å². The van der Waals surface area contributed by atoms with Crippen LogP contribution >= 0.6 is 0 Å². The summed E-state index contributed by atoms with van der Waals surface area (Å²) in [6.07, 6.45) is 5.50. The molecule has 0 radical (unpaired) electrons.